The molecule has 0 bridgehead atoms. The largest absolute Gasteiger partial charge is 0.497 e. The molecule has 0 unspecified atom stereocenters. The Labute approximate surface area is 157 Å². The number of aryl methyl sites for hydroxylation is 1. The van der Waals surface area contributed by atoms with Gasteiger partial charge in [0.2, 0.25) is 0 Å². The number of sulfonamides is 1. The third-order valence-electron chi connectivity index (χ3n) is 4.90. The summed E-state index contributed by atoms with van der Waals surface area (Å²) in [6, 6.07) is 9.78. The molecule has 2 aromatic rings. The van der Waals surface area contributed by atoms with Gasteiger partial charge in [-0.25, -0.2) is 8.42 Å². The zero-order chi connectivity index (χ0) is 19.2. The highest BCUT2D eigenvalue weighted by Gasteiger charge is 2.34. The van der Waals surface area contributed by atoms with Crippen molar-refractivity contribution in [1.29, 1.82) is 0 Å². The van der Waals surface area contributed by atoms with Crippen LogP contribution in [0.5, 0.6) is 11.5 Å². The van der Waals surface area contributed by atoms with Crippen molar-refractivity contribution in [3.05, 3.63) is 42.0 Å². The summed E-state index contributed by atoms with van der Waals surface area (Å²) in [6.07, 6.45) is 1.50. The molecular weight excluding hydrogens is 368 g/mol. The Morgan fingerprint density at radius 3 is 2.81 bits per heavy atom. The fraction of sp³-hybridized carbons (Fsp3) is 0.316. The number of anilines is 2. The maximum Gasteiger partial charge on any atom is 0.264 e. The van der Waals surface area contributed by atoms with E-state index < -0.39 is 10.0 Å². The Hall–Kier alpha value is -2.74. The van der Waals surface area contributed by atoms with Crippen molar-refractivity contribution in [1.82, 2.24) is 0 Å². The first-order valence-electron chi connectivity index (χ1n) is 8.68. The molecule has 142 valence electrons. The number of fused-ring (bicyclic) bond motifs is 2. The molecule has 2 aliphatic heterocycles. The van der Waals surface area contributed by atoms with E-state index in [1.807, 2.05) is 13.0 Å². The number of amides is 1. The van der Waals surface area contributed by atoms with Crippen LogP contribution in [0.4, 0.5) is 11.4 Å². The van der Waals surface area contributed by atoms with Crippen LogP contribution in [-0.2, 0) is 21.2 Å². The van der Waals surface area contributed by atoms with Crippen LogP contribution >= 0.6 is 0 Å². The van der Waals surface area contributed by atoms with Crippen molar-refractivity contribution in [2.45, 2.75) is 30.7 Å². The maximum atomic E-state index is 13.4. The van der Waals surface area contributed by atoms with Crippen LogP contribution in [-0.4, -0.2) is 34.1 Å². The second-order valence-corrected chi connectivity index (χ2v) is 8.49. The number of nitrogens with zero attached hydrogens (tertiary/aromatic N) is 1. The molecule has 0 fully saturated rings. The van der Waals surface area contributed by atoms with Gasteiger partial charge in [-0.15, -0.1) is 0 Å². The molecule has 0 aliphatic carbocycles. The van der Waals surface area contributed by atoms with Gasteiger partial charge in [-0.05, 0) is 61.7 Å². The lowest BCUT2D eigenvalue weighted by Gasteiger charge is -2.36. The number of hydrogen-bond donors (Lipinski definition) is 1. The summed E-state index contributed by atoms with van der Waals surface area (Å²) >= 11 is 0. The Morgan fingerprint density at radius 1 is 1.22 bits per heavy atom. The van der Waals surface area contributed by atoms with E-state index in [0.29, 0.717) is 29.3 Å². The molecule has 2 heterocycles. The lowest BCUT2D eigenvalue weighted by molar-refractivity contribution is -0.118. The summed E-state index contributed by atoms with van der Waals surface area (Å²) in [6.45, 7) is 1.82. The van der Waals surface area contributed by atoms with Gasteiger partial charge in [-0.3, -0.25) is 9.10 Å². The number of carbonyl (C=O) groups excluding carboxylic acids is 1. The van der Waals surface area contributed by atoms with Crippen molar-refractivity contribution in [2.75, 3.05) is 23.3 Å². The van der Waals surface area contributed by atoms with E-state index in [2.05, 4.69) is 5.32 Å². The van der Waals surface area contributed by atoms with Gasteiger partial charge in [0.15, 0.2) is 6.61 Å². The smallest absolute Gasteiger partial charge is 0.264 e. The third kappa shape index (κ3) is 2.99. The van der Waals surface area contributed by atoms with Crippen molar-refractivity contribution >= 4 is 27.3 Å². The van der Waals surface area contributed by atoms with E-state index in [9.17, 15) is 13.2 Å². The summed E-state index contributed by atoms with van der Waals surface area (Å²) in [5, 5.41) is 2.66. The van der Waals surface area contributed by atoms with E-state index in [4.69, 9.17) is 9.47 Å². The zero-order valence-corrected chi connectivity index (χ0v) is 15.9. The van der Waals surface area contributed by atoms with E-state index in [1.165, 1.54) is 16.4 Å². The number of methoxy groups -OCH3 is 1. The van der Waals surface area contributed by atoms with Gasteiger partial charge in [-0.2, -0.15) is 0 Å². The molecule has 2 aromatic carbocycles. The van der Waals surface area contributed by atoms with Crippen LogP contribution in [0.15, 0.2) is 41.3 Å². The summed E-state index contributed by atoms with van der Waals surface area (Å²) < 4.78 is 38.9. The van der Waals surface area contributed by atoms with Gasteiger partial charge in [0, 0.05) is 6.04 Å². The molecule has 7 nitrogen and oxygen atoms in total. The predicted molar refractivity (Wildman–Crippen MR) is 101 cm³/mol. The lowest BCUT2D eigenvalue weighted by Crippen LogP contribution is -2.42. The van der Waals surface area contributed by atoms with E-state index >= 15 is 0 Å². The minimum Gasteiger partial charge on any atom is -0.497 e. The van der Waals surface area contributed by atoms with Gasteiger partial charge in [0.05, 0.1) is 23.4 Å². The molecule has 1 N–H and O–H groups in total. The molecule has 0 aromatic heterocycles. The first kappa shape index (κ1) is 17.7. The third-order valence-corrected chi connectivity index (χ3v) is 6.82. The summed E-state index contributed by atoms with van der Waals surface area (Å²) in [7, 11) is -2.22. The highest BCUT2D eigenvalue weighted by atomic mass is 32.2. The quantitative estimate of drug-likeness (QED) is 0.874. The lowest BCUT2D eigenvalue weighted by atomic mass is 9.99. The van der Waals surface area contributed by atoms with Crippen molar-refractivity contribution in [2.24, 2.45) is 0 Å². The number of nitrogens with one attached hydrogen (secondary N) is 1. The molecule has 0 saturated heterocycles. The molecule has 0 radical (unpaired) electrons. The highest BCUT2D eigenvalue weighted by molar-refractivity contribution is 7.92. The first-order chi connectivity index (χ1) is 12.9. The molecular formula is C19H20N2O5S. The summed E-state index contributed by atoms with van der Waals surface area (Å²) in [4.78, 5) is 11.7. The molecule has 0 saturated carbocycles. The summed E-state index contributed by atoms with van der Waals surface area (Å²) in [5.41, 5.74) is 1.96. The van der Waals surface area contributed by atoms with Crippen LogP contribution in [0, 0.1) is 0 Å². The molecule has 8 heteroatoms. The zero-order valence-electron chi connectivity index (χ0n) is 15.1. The minimum absolute atomic E-state index is 0.0720. The van der Waals surface area contributed by atoms with Crippen molar-refractivity contribution in [3.8, 4) is 11.5 Å². The second kappa shape index (κ2) is 6.45. The Kier molecular flexibility index (Phi) is 4.22. The van der Waals surface area contributed by atoms with Crippen molar-refractivity contribution < 1.29 is 22.7 Å². The van der Waals surface area contributed by atoms with E-state index in [-0.39, 0.29) is 23.5 Å². The maximum absolute atomic E-state index is 13.4. The monoisotopic (exact) mass is 388 g/mol. The van der Waals surface area contributed by atoms with Crippen molar-refractivity contribution in [3.63, 3.8) is 0 Å². The van der Waals surface area contributed by atoms with E-state index in [0.717, 1.165) is 12.0 Å². The average molecular weight is 388 g/mol. The number of benzene rings is 2. The fourth-order valence-corrected chi connectivity index (χ4v) is 5.28. The second-order valence-electron chi connectivity index (χ2n) is 6.68. The topological polar surface area (TPSA) is 84.9 Å². The number of hydrogen-bond acceptors (Lipinski definition) is 5. The van der Waals surface area contributed by atoms with Crippen LogP contribution in [0.25, 0.3) is 0 Å². The normalized spacial score (nSPS) is 18.8. The standard InChI is InChI=1S/C19H20N2O5S/c1-12-3-4-13-9-14(25-2)5-7-17(13)21(12)27(23,24)15-6-8-18-16(10-15)20-19(22)11-26-18/h5-10,12H,3-4,11H2,1-2H3,(H,20,22)/t12-/m1/s1. The van der Waals surface area contributed by atoms with Crippen LogP contribution in [0.2, 0.25) is 0 Å². The molecule has 27 heavy (non-hydrogen) atoms. The van der Waals surface area contributed by atoms with E-state index in [1.54, 1.807) is 25.3 Å². The molecule has 1 amide bonds. The van der Waals surface area contributed by atoms with Crippen LogP contribution in [0.3, 0.4) is 0 Å². The molecule has 0 spiro atoms. The predicted octanol–water partition coefficient (Wildman–Crippen LogP) is 2.56. The Morgan fingerprint density at radius 2 is 2.04 bits per heavy atom. The summed E-state index contributed by atoms with van der Waals surface area (Å²) in [5.74, 6) is 0.862. The van der Waals surface area contributed by atoms with Gasteiger partial charge in [-0.1, -0.05) is 0 Å². The first-order valence-corrected chi connectivity index (χ1v) is 10.1. The number of ether oxygens (including phenoxy) is 2. The van der Waals surface area contributed by atoms with Crippen LogP contribution < -0.4 is 19.1 Å². The molecule has 4 rings (SSSR count). The Bertz CT molecular complexity index is 1020. The number of rotatable bonds is 3. The Balaban J connectivity index is 1.78. The minimum atomic E-state index is -3.81. The molecule has 2 aliphatic rings. The SMILES string of the molecule is COc1ccc2c(c1)CC[C@@H](C)N2S(=O)(=O)c1ccc2c(c1)NC(=O)CO2. The molecule has 1 atom stereocenters. The van der Waals surface area contributed by atoms with Gasteiger partial charge in [0.1, 0.15) is 11.5 Å². The van der Waals surface area contributed by atoms with Gasteiger partial charge >= 0.3 is 0 Å². The van der Waals surface area contributed by atoms with Crippen LogP contribution in [0.1, 0.15) is 18.9 Å². The fourth-order valence-electron chi connectivity index (χ4n) is 3.53. The van der Waals surface area contributed by atoms with Gasteiger partial charge < -0.3 is 14.8 Å². The van der Waals surface area contributed by atoms with Gasteiger partial charge in [0.25, 0.3) is 15.9 Å². The number of carbonyl (C=O) groups is 1. The average Bonchev–Trinajstić information content (AvgIpc) is 2.66. The highest BCUT2D eigenvalue weighted by Crippen LogP contribution is 2.38.